The van der Waals surface area contributed by atoms with E-state index < -0.39 is 0 Å². The van der Waals surface area contributed by atoms with Gasteiger partial charge in [-0.05, 0) is 36.0 Å². The molecule has 1 fully saturated rings. The van der Waals surface area contributed by atoms with Crippen LogP contribution in [0.2, 0.25) is 0 Å². The highest BCUT2D eigenvalue weighted by atomic mass is 16.7. The van der Waals surface area contributed by atoms with Gasteiger partial charge < -0.3 is 14.8 Å². The Balaban J connectivity index is 1.60. The van der Waals surface area contributed by atoms with Crippen LogP contribution in [0.25, 0.3) is 0 Å². The van der Waals surface area contributed by atoms with Crippen molar-refractivity contribution in [1.29, 1.82) is 0 Å². The first-order valence-electron chi connectivity index (χ1n) is 7.36. The quantitative estimate of drug-likeness (QED) is 0.905. The van der Waals surface area contributed by atoms with Crippen LogP contribution in [-0.4, -0.2) is 12.8 Å². The molecular formula is C16H23NO2. The minimum atomic E-state index is 0.351. The molecule has 1 heterocycles. The lowest BCUT2D eigenvalue weighted by Gasteiger charge is -2.34. The van der Waals surface area contributed by atoms with Crippen molar-refractivity contribution in [3.8, 4) is 11.5 Å². The maximum Gasteiger partial charge on any atom is 0.231 e. The predicted octanol–water partition coefficient (Wildman–Crippen LogP) is 3.33. The molecule has 0 spiro atoms. The fourth-order valence-corrected chi connectivity index (χ4v) is 3.17. The Kier molecular flexibility index (Phi) is 3.65. The maximum absolute atomic E-state index is 5.42. The number of benzene rings is 1. The van der Waals surface area contributed by atoms with Crippen LogP contribution in [0.4, 0.5) is 0 Å². The van der Waals surface area contributed by atoms with Crippen LogP contribution in [-0.2, 0) is 6.54 Å². The van der Waals surface area contributed by atoms with Crippen molar-refractivity contribution in [2.24, 2.45) is 11.8 Å². The normalized spacial score (nSPS) is 29.5. The summed E-state index contributed by atoms with van der Waals surface area (Å²) < 4.78 is 10.8. The standard InChI is InChI=1S/C16H23NO2/c1-11-4-3-5-14(12(11)2)17-9-13-6-7-15-16(8-13)19-10-18-15/h6-8,11-12,14,17H,3-5,9-10H2,1-2H3/t11-,12+,14-/m1/s1. The van der Waals surface area contributed by atoms with Crippen molar-refractivity contribution < 1.29 is 9.47 Å². The summed E-state index contributed by atoms with van der Waals surface area (Å²) in [6, 6.07) is 6.87. The molecule has 1 aromatic rings. The molecule has 1 aromatic carbocycles. The molecule has 3 rings (SSSR count). The maximum atomic E-state index is 5.42. The summed E-state index contributed by atoms with van der Waals surface area (Å²) in [7, 11) is 0. The van der Waals surface area contributed by atoms with Gasteiger partial charge in [-0.2, -0.15) is 0 Å². The van der Waals surface area contributed by atoms with Gasteiger partial charge >= 0.3 is 0 Å². The fraction of sp³-hybridized carbons (Fsp3) is 0.625. The second-order valence-corrected chi connectivity index (χ2v) is 5.94. The summed E-state index contributed by atoms with van der Waals surface area (Å²) in [6.07, 6.45) is 4.03. The topological polar surface area (TPSA) is 30.5 Å². The monoisotopic (exact) mass is 261 g/mol. The van der Waals surface area contributed by atoms with E-state index in [4.69, 9.17) is 9.47 Å². The molecule has 0 unspecified atom stereocenters. The van der Waals surface area contributed by atoms with Crippen LogP contribution in [0, 0.1) is 11.8 Å². The zero-order valence-corrected chi connectivity index (χ0v) is 11.8. The van der Waals surface area contributed by atoms with Gasteiger partial charge in [-0.3, -0.25) is 0 Å². The molecule has 0 bridgehead atoms. The highest BCUT2D eigenvalue weighted by molar-refractivity contribution is 5.44. The van der Waals surface area contributed by atoms with Crippen molar-refractivity contribution in [2.45, 2.75) is 45.7 Å². The van der Waals surface area contributed by atoms with Gasteiger partial charge in [0, 0.05) is 12.6 Å². The van der Waals surface area contributed by atoms with E-state index in [2.05, 4.69) is 31.3 Å². The van der Waals surface area contributed by atoms with Crippen LogP contribution < -0.4 is 14.8 Å². The number of ether oxygens (including phenoxy) is 2. The molecule has 3 atom stereocenters. The predicted molar refractivity (Wildman–Crippen MR) is 75.4 cm³/mol. The number of nitrogens with one attached hydrogen (secondary N) is 1. The molecule has 0 saturated heterocycles. The first kappa shape index (κ1) is 12.8. The molecule has 1 aliphatic heterocycles. The van der Waals surface area contributed by atoms with Crippen molar-refractivity contribution >= 4 is 0 Å². The number of hydrogen-bond acceptors (Lipinski definition) is 3. The first-order chi connectivity index (χ1) is 9.24. The Morgan fingerprint density at radius 2 is 2.00 bits per heavy atom. The van der Waals surface area contributed by atoms with Gasteiger partial charge in [-0.15, -0.1) is 0 Å². The zero-order valence-electron chi connectivity index (χ0n) is 11.8. The second kappa shape index (κ2) is 5.41. The van der Waals surface area contributed by atoms with Gasteiger partial charge in [0.05, 0.1) is 0 Å². The van der Waals surface area contributed by atoms with E-state index in [0.717, 1.165) is 29.9 Å². The van der Waals surface area contributed by atoms with Crippen molar-refractivity contribution in [3.05, 3.63) is 23.8 Å². The molecule has 0 amide bonds. The van der Waals surface area contributed by atoms with Crippen LogP contribution in [0.15, 0.2) is 18.2 Å². The Morgan fingerprint density at radius 1 is 1.16 bits per heavy atom. The van der Waals surface area contributed by atoms with Gasteiger partial charge in [0.2, 0.25) is 6.79 Å². The third kappa shape index (κ3) is 2.71. The highest BCUT2D eigenvalue weighted by Gasteiger charge is 2.26. The number of hydrogen-bond donors (Lipinski definition) is 1. The third-order valence-electron chi connectivity index (χ3n) is 4.71. The van der Waals surface area contributed by atoms with Crippen molar-refractivity contribution in [1.82, 2.24) is 5.32 Å². The summed E-state index contributed by atoms with van der Waals surface area (Å²) in [5.41, 5.74) is 1.27. The van der Waals surface area contributed by atoms with Crippen LogP contribution >= 0.6 is 0 Å². The Hall–Kier alpha value is -1.22. The summed E-state index contributed by atoms with van der Waals surface area (Å²) in [5, 5.41) is 3.71. The Morgan fingerprint density at radius 3 is 2.89 bits per heavy atom. The molecule has 2 aliphatic rings. The molecule has 0 radical (unpaired) electrons. The van der Waals surface area contributed by atoms with E-state index in [9.17, 15) is 0 Å². The largest absolute Gasteiger partial charge is 0.454 e. The van der Waals surface area contributed by atoms with Crippen LogP contribution in [0.1, 0.15) is 38.7 Å². The van der Waals surface area contributed by atoms with E-state index >= 15 is 0 Å². The zero-order chi connectivity index (χ0) is 13.2. The summed E-state index contributed by atoms with van der Waals surface area (Å²) in [6.45, 7) is 6.02. The molecule has 0 aromatic heterocycles. The summed E-state index contributed by atoms with van der Waals surface area (Å²) >= 11 is 0. The van der Waals surface area contributed by atoms with E-state index in [1.54, 1.807) is 0 Å². The third-order valence-corrected chi connectivity index (χ3v) is 4.71. The van der Waals surface area contributed by atoms with E-state index in [1.165, 1.54) is 24.8 Å². The molecule has 3 nitrogen and oxygen atoms in total. The molecule has 1 N–H and O–H groups in total. The average molecular weight is 261 g/mol. The number of rotatable bonds is 3. The molecule has 3 heteroatoms. The Labute approximate surface area is 115 Å². The SMILES string of the molecule is C[C@H]1[C@H](C)CCC[C@H]1NCc1ccc2c(c1)OCO2. The highest BCUT2D eigenvalue weighted by Crippen LogP contribution is 2.33. The average Bonchev–Trinajstić information content (AvgIpc) is 2.88. The molecular weight excluding hydrogens is 238 g/mol. The molecule has 1 saturated carbocycles. The molecule has 104 valence electrons. The van der Waals surface area contributed by atoms with E-state index in [1.807, 2.05) is 6.07 Å². The second-order valence-electron chi connectivity index (χ2n) is 5.94. The van der Waals surface area contributed by atoms with Gasteiger partial charge in [0.15, 0.2) is 11.5 Å². The first-order valence-corrected chi connectivity index (χ1v) is 7.36. The molecule has 1 aliphatic carbocycles. The van der Waals surface area contributed by atoms with Gasteiger partial charge in [-0.25, -0.2) is 0 Å². The van der Waals surface area contributed by atoms with Gasteiger partial charge in [0.25, 0.3) is 0 Å². The Bertz CT molecular complexity index is 446. The minimum Gasteiger partial charge on any atom is -0.454 e. The minimum absolute atomic E-state index is 0.351. The lowest BCUT2D eigenvalue weighted by molar-refractivity contribution is 0.174. The van der Waals surface area contributed by atoms with Gasteiger partial charge in [-0.1, -0.05) is 32.8 Å². The lowest BCUT2D eigenvalue weighted by atomic mass is 9.78. The summed E-state index contributed by atoms with van der Waals surface area (Å²) in [5.74, 6) is 3.35. The van der Waals surface area contributed by atoms with Crippen molar-refractivity contribution in [2.75, 3.05) is 6.79 Å². The van der Waals surface area contributed by atoms with Crippen molar-refractivity contribution in [3.63, 3.8) is 0 Å². The van der Waals surface area contributed by atoms with E-state index in [-0.39, 0.29) is 0 Å². The van der Waals surface area contributed by atoms with Crippen LogP contribution in [0.3, 0.4) is 0 Å². The summed E-state index contributed by atoms with van der Waals surface area (Å²) in [4.78, 5) is 0. The smallest absolute Gasteiger partial charge is 0.231 e. The lowest BCUT2D eigenvalue weighted by Crippen LogP contribution is -2.40. The van der Waals surface area contributed by atoms with Crippen LogP contribution in [0.5, 0.6) is 11.5 Å². The van der Waals surface area contributed by atoms with E-state index in [0.29, 0.717) is 12.8 Å². The van der Waals surface area contributed by atoms with Gasteiger partial charge in [0.1, 0.15) is 0 Å². The fourth-order valence-electron chi connectivity index (χ4n) is 3.17. The molecule has 19 heavy (non-hydrogen) atoms. The number of fused-ring (bicyclic) bond motifs is 1.